The van der Waals surface area contributed by atoms with Crippen LogP contribution in [0.4, 0.5) is 0 Å². The molecule has 0 spiro atoms. The number of carbonyl (C=O) groups excluding carboxylic acids is 1. The molecule has 21 heavy (non-hydrogen) atoms. The first-order valence-corrected chi connectivity index (χ1v) is 8.11. The molecule has 3 heterocycles. The molecule has 6 nitrogen and oxygen atoms in total. The topological polar surface area (TPSA) is 71.7 Å². The minimum atomic E-state index is -0.220. The number of halogens is 1. The van der Waals surface area contributed by atoms with Crippen molar-refractivity contribution in [2.24, 2.45) is 5.10 Å². The molecule has 0 fully saturated rings. The maximum absolute atomic E-state index is 11.7. The number of hydrogen-bond acceptors (Lipinski definition) is 6. The Morgan fingerprint density at radius 1 is 1.52 bits per heavy atom. The van der Waals surface area contributed by atoms with E-state index < -0.39 is 0 Å². The Balaban J connectivity index is 1.65. The van der Waals surface area contributed by atoms with Crippen LogP contribution in [0.25, 0.3) is 4.96 Å². The van der Waals surface area contributed by atoms with Crippen LogP contribution in [-0.4, -0.2) is 26.5 Å². The summed E-state index contributed by atoms with van der Waals surface area (Å²) in [5.41, 5.74) is 4.02. The van der Waals surface area contributed by atoms with Gasteiger partial charge in [0.1, 0.15) is 10.7 Å². The molecule has 1 N–H and O–H groups in total. The van der Waals surface area contributed by atoms with Gasteiger partial charge in [0.25, 0.3) is 0 Å². The Kier molecular flexibility index (Phi) is 4.00. The minimum absolute atomic E-state index is 0.212. The van der Waals surface area contributed by atoms with E-state index in [1.54, 1.807) is 0 Å². The summed E-state index contributed by atoms with van der Waals surface area (Å²) in [7, 11) is 0. The molecular formula is C12H10ClN5OS2. The summed E-state index contributed by atoms with van der Waals surface area (Å²) in [4.78, 5) is 20.9. The van der Waals surface area contributed by atoms with Gasteiger partial charge in [-0.2, -0.15) is 5.10 Å². The minimum Gasteiger partial charge on any atom is -0.288 e. The molecule has 0 aliphatic heterocycles. The number of nitrogens with zero attached hydrogens (tertiary/aromatic N) is 4. The fraction of sp³-hybridized carbons (Fsp3) is 0.167. The molecule has 0 radical (unpaired) electrons. The predicted molar refractivity (Wildman–Crippen MR) is 84.4 cm³/mol. The lowest BCUT2D eigenvalue weighted by Gasteiger charge is -1.96. The van der Waals surface area contributed by atoms with Crippen LogP contribution in [0.2, 0.25) is 5.15 Å². The predicted octanol–water partition coefficient (Wildman–Crippen LogP) is 2.51. The molecule has 0 unspecified atom stereocenters. The van der Waals surface area contributed by atoms with E-state index >= 15 is 0 Å². The van der Waals surface area contributed by atoms with E-state index in [-0.39, 0.29) is 12.3 Å². The Morgan fingerprint density at radius 2 is 2.38 bits per heavy atom. The number of rotatable bonds is 4. The third-order valence-corrected chi connectivity index (χ3v) is 4.61. The zero-order valence-electron chi connectivity index (χ0n) is 10.9. The summed E-state index contributed by atoms with van der Waals surface area (Å²) in [6, 6.07) is 0. The standard InChI is InChI=1S/C12H10ClN5OS2/c1-7-6-21-10(15-7)4-9(19)17-14-5-8-11(13)16-12-18(8)2-3-20-12/h2-3,5-6H,4H2,1H3,(H,17,19)/b14-5-. The van der Waals surface area contributed by atoms with Crippen LogP contribution in [-0.2, 0) is 11.2 Å². The maximum Gasteiger partial charge on any atom is 0.246 e. The number of aryl methyl sites for hydroxylation is 1. The van der Waals surface area contributed by atoms with E-state index in [0.717, 1.165) is 15.7 Å². The molecule has 0 saturated heterocycles. The Bertz CT molecular complexity index is 819. The SMILES string of the molecule is Cc1csc(CC(=O)N/N=C\c2c(Cl)nc3sccn23)n1. The highest BCUT2D eigenvalue weighted by atomic mass is 35.5. The molecule has 0 aliphatic carbocycles. The number of thiazole rings is 2. The van der Waals surface area contributed by atoms with Gasteiger partial charge in [0, 0.05) is 22.7 Å². The molecule has 0 saturated carbocycles. The monoisotopic (exact) mass is 339 g/mol. The molecule has 3 aromatic heterocycles. The van der Waals surface area contributed by atoms with Gasteiger partial charge in [-0.25, -0.2) is 15.4 Å². The normalized spacial score (nSPS) is 11.5. The summed E-state index contributed by atoms with van der Waals surface area (Å²) in [6.45, 7) is 1.89. The summed E-state index contributed by atoms with van der Waals surface area (Å²) in [6.07, 6.45) is 3.55. The smallest absolute Gasteiger partial charge is 0.246 e. The lowest BCUT2D eigenvalue weighted by atomic mass is 10.4. The highest BCUT2D eigenvalue weighted by Crippen LogP contribution is 2.19. The third-order valence-electron chi connectivity index (χ3n) is 2.61. The largest absolute Gasteiger partial charge is 0.288 e. The van der Waals surface area contributed by atoms with Gasteiger partial charge in [-0.05, 0) is 6.92 Å². The molecule has 9 heteroatoms. The van der Waals surface area contributed by atoms with E-state index in [0.29, 0.717) is 10.8 Å². The van der Waals surface area contributed by atoms with Gasteiger partial charge < -0.3 is 0 Å². The lowest BCUT2D eigenvalue weighted by molar-refractivity contribution is -0.120. The number of imidazole rings is 1. The molecule has 0 atom stereocenters. The number of aromatic nitrogens is 3. The number of hydrogen-bond donors (Lipinski definition) is 1. The molecule has 0 aromatic carbocycles. The van der Waals surface area contributed by atoms with E-state index in [1.165, 1.54) is 28.9 Å². The number of nitrogens with one attached hydrogen (secondary N) is 1. The van der Waals surface area contributed by atoms with E-state index in [2.05, 4.69) is 20.5 Å². The number of fused-ring (bicyclic) bond motifs is 1. The summed E-state index contributed by atoms with van der Waals surface area (Å²) in [5.74, 6) is -0.220. The first kappa shape index (κ1) is 14.2. The van der Waals surface area contributed by atoms with Crippen molar-refractivity contribution in [2.75, 3.05) is 0 Å². The Morgan fingerprint density at radius 3 is 3.14 bits per heavy atom. The van der Waals surface area contributed by atoms with Gasteiger partial charge in [0.05, 0.1) is 12.6 Å². The first-order chi connectivity index (χ1) is 10.1. The van der Waals surface area contributed by atoms with Gasteiger partial charge in [-0.15, -0.1) is 22.7 Å². The molecule has 108 valence electrons. The van der Waals surface area contributed by atoms with Crippen molar-refractivity contribution in [3.63, 3.8) is 0 Å². The second kappa shape index (κ2) is 5.92. The molecular weight excluding hydrogens is 330 g/mol. The summed E-state index contributed by atoms with van der Waals surface area (Å²) >= 11 is 8.95. The van der Waals surface area contributed by atoms with Crippen molar-refractivity contribution in [3.05, 3.63) is 38.5 Å². The van der Waals surface area contributed by atoms with Gasteiger partial charge in [0.15, 0.2) is 10.1 Å². The van der Waals surface area contributed by atoms with Crippen molar-refractivity contribution in [1.82, 2.24) is 19.8 Å². The second-order valence-corrected chi connectivity index (χ2v) is 6.37. The number of amides is 1. The van der Waals surface area contributed by atoms with Gasteiger partial charge in [0.2, 0.25) is 5.91 Å². The zero-order chi connectivity index (χ0) is 14.8. The van der Waals surface area contributed by atoms with Crippen molar-refractivity contribution >= 4 is 51.4 Å². The molecule has 0 bridgehead atoms. The lowest BCUT2D eigenvalue weighted by Crippen LogP contribution is -2.19. The van der Waals surface area contributed by atoms with E-state index in [9.17, 15) is 4.79 Å². The Hall–Kier alpha value is -1.77. The van der Waals surface area contributed by atoms with Crippen molar-refractivity contribution in [1.29, 1.82) is 0 Å². The van der Waals surface area contributed by atoms with Crippen LogP contribution in [0.15, 0.2) is 22.1 Å². The van der Waals surface area contributed by atoms with Crippen LogP contribution in [0, 0.1) is 6.92 Å². The highest BCUT2D eigenvalue weighted by molar-refractivity contribution is 7.15. The van der Waals surface area contributed by atoms with Gasteiger partial charge >= 0.3 is 0 Å². The quantitative estimate of drug-likeness (QED) is 0.586. The Labute approximate surface area is 133 Å². The summed E-state index contributed by atoms with van der Waals surface area (Å²) < 4.78 is 1.81. The van der Waals surface area contributed by atoms with Crippen LogP contribution in [0.3, 0.4) is 0 Å². The first-order valence-electron chi connectivity index (χ1n) is 5.97. The average molecular weight is 340 g/mol. The molecule has 0 aliphatic rings. The fourth-order valence-electron chi connectivity index (χ4n) is 1.72. The van der Waals surface area contributed by atoms with Crippen molar-refractivity contribution < 1.29 is 4.79 Å². The van der Waals surface area contributed by atoms with E-state index in [1.807, 2.05) is 28.3 Å². The average Bonchev–Trinajstić information content (AvgIpc) is 3.09. The third kappa shape index (κ3) is 3.12. The van der Waals surface area contributed by atoms with E-state index in [4.69, 9.17) is 11.6 Å². The van der Waals surface area contributed by atoms with Crippen LogP contribution in [0.1, 0.15) is 16.4 Å². The number of hydrazone groups is 1. The fourth-order valence-corrected chi connectivity index (χ4v) is 3.48. The van der Waals surface area contributed by atoms with Crippen LogP contribution < -0.4 is 5.43 Å². The van der Waals surface area contributed by atoms with Crippen molar-refractivity contribution in [3.8, 4) is 0 Å². The molecule has 3 aromatic rings. The van der Waals surface area contributed by atoms with Crippen LogP contribution in [0.5, 0.6) is 0 Å². The summed E-state index contributed by atoms with van der Waals surface area (Å²) in [5, 5.41) is 8.85. The van der Waals surface area contributed by atoms with Crippen molar-refractivity contribution in [2.45, 2.75) is 13.3 Å². The van der Waals surface area contributed by atoms with Gasteiger partial charge in [-0.3, -0.25) is 9.20 Å². The van der Waals surface area contributed by atoms with Gasteiger partial charge in [-0.1, -0.05) is 11.6 Å². The molecule has 3 rings (SSSR count). The highest BCUT2D eigenvalue weighted by Gasteiger charge is 2.09. The molecule has 1 amide bonds. The second-order valence-electron chi connectivity index (χ2n) is 4.20. The maximum atomic E-state index is 11.7. The number of carbonyl (C=O) groups is 1. The van der Waals surface area contributed by atoms with Crippen LogP contribution >= 0.6 is 34.3 Å². The zero-order valence-corrected chi connectivity index (χ0v) is 13.3.